The Kier molecular flexibility index (Phi) is 9.54. The largest absolute Gasteiger partial charge is 0.507 e. The quantitative estimate of drug-likeness (QED) is 0.174. The zero-order valence-electron chi connectivity index (χ0n) is 27.2. The fourth-order valence-corrected chi connectivity index (χ4v) is 6.92. The number of fused-ring (bicyclic) bond motifs is 3. The van der Waals surface area contributed by atoms with Gasteiger partial charge in [0.2, 0.25) is 0 Å². The van der Waals surface area contributed by atoms with Gasteiger partial charge in [-0.1, -0.05) is 42.5 Å². The fraction of sp³-hybridized carbons (Fsp3) is 0.371. The maximum Gasteiger partial charge on any atom is 0.471 e. The molecule has 6 rings (SSSR count). The molecule has 0 aromatic heterocycles. The number of nitrogens with one attached hydrogen (secondary N) is 2. The number of phenolic OH excluding ortho intramolecular Hbond substituents is 2. The Balaban J connectivity index is 1.37. The van der Waals surface area contributed by atoms with Crippen molar-refractivity contribution in [2.45, 2.75) is 68.6 Å². The van der Waals surface area contributed by atoms with Gasteiger partial charge in [0.25, 0.3) is 0 Å². The molecule has 0 saturated carbocycles. The number of ether oxygens (including phenoxy) is 4. The summed E-state index contributed by atoms with van der Waals surface area (Å²) in [5.74, 6) is -5.20. The summed E-state index contributed by atoms with van der Waals surface area (Å²) in [5.41, 5.74) is -3.06. The average molecular weight is 715 g/mol. The molecule has 2 aliphatic carbocycles. The van der Waals surface area contributed by atoms with Gasteiger partial charge in [0, 0.05) is 54.3 Å². The number of methoxy groups -OCH3 is 1. The molecule has 270 valence electrons. The molecule has 1 fully saturated rings. The molecule has 6 atom stereocenters. The first-order valence-corrected chi connectivity index (χ1v) is 15.8. The number of hydrogen-bond acceptors (Lipinski definition) is 11. The molecule has 0 spiro atoms. The van der Waals surface area contributed by atoms with Crippen molar-refractivity contribution in [2.24, 2.45) is 0 Å². The maximum atomic E-state index is 13.7. The van der Waals surface area contributed by atoms with E-state index >= 15 is 0 Å². The van der Waals surface area contributed by atoms with E-state index in [1.54, 1.807) is 30.3 Å². The lowest BCUT2D eigenvalue weighted by atomic mass is 9.73. The number of halogens is 3. The van der Waals surface area contributed by atoms with Gasteiger partial charge in [-0.15, -0.1) is 0 Å². The molecular formula is C35H33F3N2O11. The predicted molar refractivity (Wildman–Crippen MR) is 169 cm³/mol. The number of amides is 2. The third-order valence-electron chi connectivity index (χ3n) is 9.18. The van der Waals surface area contributed by atoms with Crippen molar-refractivity contribution in [3.05, 3.63) is 88.0 Å². The van der Waals surface area contributed by atoms with Crippen LogP contribution >= 0.6 is 0 Å². The Morgan fingerprint density at radius 1 is 0.980 bits per heavy atom. The van der Waals surface area contributed by atoms with Gasteiger partial charge in [0.05, 0.1) is 29.4 Å². The molecule has 1 aliphatic heterocycles. The van der Waals surface area contributed by atoms with Crippen molar-refractivity contribution in [3.63, 3.8) is 0 Å². The van der Waals surface area contributed by atoms with Crippen LogP contribution < -0.4 is 10.6 Å². The predicted octanol–water partition coefficient (Wildman–Crippen LogP) is 4.05. The normalized spacial score (nSPS) is 25.6. The maximum absolute atomic E-state index is 13.7. The lowest BCUT2D eigenvalue weighted by Gasteiger charge is -2.44. The summed E-state index contributed by atoms with van der Waals surface area (Å²) in [6.45, 7) is 0.790. The summed E-state index contributed by atoms with van der Waals surface area (Å²) in [6, 6.07) is 12.8. The van der Waals surface area contributed by atoms with E-state index in [2.05, 4.69) is 5.32 Å². The van der Waals surface area contributed by atoms with Crippen LogP contribution in [-0.2, 0) is 30.2 Å². The number of benzene rings is 3. The summed E-state index contributed by atoms with van der Waals surface area (Å²) in [5, 5.41) is 39.5. The minimum atomic E-state index is -5.20. The van der Waals surface area contributed by atoms with E-state index in [4.69, 9.17) is 18.9 Å². The highest BCUT2D eigenvalue weighted by atomic mass is 19.4. The van der Waals surface area contributed by atoms with Crippen molar-refractivity contribution in [3.8, 4) is 11.5 Å². The Bertz CT molecular complexity index is 1890. The van der Waals surface area contributed by atoms with Gasteiger partial charge in [0.1, 0.15) is 29.8 Å². The average Bonchev–Trinajstić information content (AvgIpc) is 3.07. The third kappa shape index (κ3) is 6.87. The smallest absolute Gasteiger partial charge is 0.471 e. The first-order valence-electron chi connectivity index (χ1n) is 15.8. The topological polar surface area (TPSA) is 190 Å². The van der Waals surface area contributed by atoms with Crippen LogP contribution in [0, 0.1) is 0 Å². The second kappa shape index (κ2) is 13.6. The highest BCUT2D eigenvalue weighted by Crippen LogP contribution is 2.52. The summed E-state index contributed by atoms with van der Waals surface area (Å²) in [4.78, 5) is 51.8. The minimum absolute atomic E-state index is 0.0197. The standard InChI is InChI=1S/C35H33F3N2O11/c1-16-31(48-2)21(40-32(45)35(36,37)38)12-23(50-16)51-22-14-34(47,15-49-33(46)39-17-8-4-3-5-9-17)13-20-24(22)30(44)26-25(29(20)43)27(41)18-10-6-7-11-19(18)28(26)42/h3-11,16,21-23,31,43-44,47H,12-15H2,1-2H3,(H,39,46)(H,40,45)/t16-,21+,22+,23+,31+,34?/m1/s1. The second-order valence-electron chi connectivity index (χ2n) is 12.6. The number of aromatic hydroxyl groups is 2. The number of anilines is 1. The number of carbonyl (C=O) groups excluding carboxylic acids is 4. The number of phenols is 2. The molecular weight excluding hydrogens is 681 g/mol. The molecule has 1 unspecified atom stereocenters. The van der Waals surface area contributed by atoms with E-state index in [-0.39, 0.29) is 22.3 Å². The number of ketones is 2. The Labute approximate surface area is 288 Å². The number of carbonyl (C=O) groups is 4. The van der Waals surface area contributed by atoms with Crippen molar-refractivity contribution in [2.75, 3.05) is 19.0 Å². The van der Waals surface area contributed by atoms with Gasteiger partial charge < -0.3 is 39.6 Å². The number of hydrogen-bond donors (Lipinski definition) is 5. The van der Waals surface area contributed by atoms with Crippen molar-refractivity contribution in [1.82, 2.24) is 5.32 Å². The summed E-state index contributed by atoms with van der Waals surface area (Å²) >= 11 is 0. The van der Waals surface area contributed by atoms with E-state index in [0.29, 0.717) is 5.69 Å². The lowest BCUT2D eigenvalue weighted by molar-refractivity contribution is -0.255. The van der Waals surface area contributed by atoms with Crippen LogP contribution in [0.1, 0.15) is 68.8 Å². The Morgan fingerprint density at radius 3 is 2.20 bits per heavy atom. The molecule has 0 bridgehead atoms. The van der Waals surface area contributed by atoms with Crippen LogP contribution in [0.25, 0.3) is 0 Å². The van der Waals surface area contributed by atoms with Crippen LogP contribution in [0.5, 0.6) is 11.5 Å². The van der Waals surface area contributed by atoms with Crippen LogP contribution in [0.2, 0.25) is 0 Å². The molecule has 0 radical (unpaired) electrons. The van der Waals surface area contributed by atoms with E-state index in [1.165, 1.54) is 38.3 Å². The fourth-order valence-electron chi connectivity index (χ4n) is 6.92. The van der Waals surface area contributed by atoms with Crippen LogP contribution in [0.4, 0.5) is 23.7 Å². The third-order valence-corrected chi connectivity index (χ3v) is 9.18. The summed E-state index contributed by atoms with van der Waals surface area (Å²) in [7, 11) is 1.23. The van der Waals surface area contributed by atoms with Crippen LogP contribution in [0.3, 0.4) is 0 Å². The molecule has 1 saturated heterocycles. The molecule has 51 heavy (non-hydrogen) atoms. The molecule has 13 nitrogen and oxygen atoms in total. The van der Waals surface area contributed by atoms with E-state index < -0.39 is 114 Å². The van der Waals surface area contributed by atoms with E-state index in [1.807, 2.05) is 5.32 Å². The SMILES string of the molecule is CO[C@@H]1[C@@H](NC(=O)C(F)(F)F)C[C@H](O[C@H]2CC(O)(COC(=O)Nc3ccccc3)Cc3c(O)c4c(c(O)c32)C(=O)c2ccccc2C4=O)O[C@@H]1C. The molecule has 3 aromatic carbocycles. The molecule has 2 amide bonds. The van der Waals surface area contributed by atoms with E-state index in [9.17, 15) is 47.7 Å². The Hall–Kier alpha value is -5.03. The van der Waals surface area contributed by atoms with Crippen LogP contribution in [0.15, 0.2) is 54.6 Å². The van der Waals surface area contributed by atoms with Gasteiger partial charge in [-0.2, -0.15) is 13.2 Å². The zero-order valence-corrected chi connectivity index (χ0v) is 27.2. The molecule has 3 aliphatic rings. The van der Waals surface area contributed by atoms with Gasteiger partial charge in [0.15, 0.2) is 17.9 Å². The highest BCUT2D eigenvalue weighted by molar-refractivity contribution is 6.30. The van der Waals surface area contributed by atoms with Gasteiger partial charge in [-0.05, 0) is 19.1 Å². The summed E-state index contributed by atoms with van der Waals surface area (Å²) in [6.07, 6.45) is -12.3. The van der Waals surface area contributed by atoms with Crippen LogP contribution in [-0.4, -0.2) is 88.9 Å². The van der Waals surface area contributed by atoms with Gasteiger partial charge in [-0.25, -0.2) is 4.79 Å². The number of aliphatic hydroxyl groups is 1. The zero-order chi connectivity index (χ0) is 36.8. The first-order chi connectivity index (χ1) is 24.1. The molecule has 1 heterocycles. The second-order valence-corrected chi connectivity index (χ2v) is 12.6. The van der Waals surface area contributed by atoms with Gasteiger partial charge in [-0.3, -0.25) is 19.7 Å². The van der Waals surface area contributed by atoms with E-state index in [0.717, 1.165) is 0 Å². The molecule has 3 aromatic rings. The monoisotopic (exact) mass is 714 g/mol. The molecule has 5 N–H and O–H groups in total. The number of alkyl halides is 3. The summed E-state index contributed by atoms with van der Waals surface area (Å²) < 4.78 is 62.3. The van der Waals surface area contributed by atoms with Gasteiger partial charge >= 0.3 is 18.2 Å². The molecule has 16 heteroatoms. The lowest BCUT2D eigenvalue weighted by Crippen LogP contribution is -2.58. The number of rotatable bonds is 7. The number of para-hydroxylation sites is 1. The highest BCUT2D eigenvalue weighted by Gasteiger charge is 2.49. The van der Waals surface area contributed by atoms with Crippen molar-refractivity contribution in [1.29, 1.82) is 0 Å². The first kappa shape index (κ1) is 35.8. The van der Waals surface area contributed by atoms with Crippen molar-refractivity contribution < 1.29 is 66.6 Å². The minimum Gasteiger partial charge on any atom is -0.507 e. The Morgan fingerprint density at radius 2 is 1.59 bits per heavy atom. The van der Waals surface area contributed by atoms with Crippen molar-refractivity contribution >= 4 is 29.3 Å².